The highest BCUT2D eigenvalue weighted by atomic mass is 28.3. The van der Waals surface area contributed by atoms with E-state index in [9.17, 15) is 4.79 Å². The molecule has 0 aromatic heterocycles. The van der Waals surface area contributed by atoms with Gasteiger partial charge in [0.25, 0.3) is 0 Å². The van der Waals surface area contributed by atoms with Crippen LogP contribution >= 0.6 is 0 Å². The topological polar surface area (TPSA) is 20.3 Å². The number of amides is 1. The molecule has 1 amide bonds. The SMILES string of the molecule is CCN(CC)C(=O)[C@]1(C)[C@@H](c2ccccc2)[C@@H]1[Si](C)(C)C(C)(C)C. The molecule has 134 valence electrons. The Morgan fingerprint density at radius 2 is 1.62 bits per heavy atom. The van der Waals surface area contributed by atoms with E-state index in [2.05, 4.69) is 85.0 Å². The summed E-state index contributed by atoms with van der Waals surface area (Å²) >= 11 is 0. The van der Waals surface area contributed by atoms with Crippen molar-refractivity contribution >= 4 is 14.0 Å². The molecular weight excluding hydrogens is 310 g/mol. The fourth-order valence-electron chi connectivity index (χ4n) is 4.46. The molecule has 1 fully saturated rings. The van der Waals surface area contributed by atoms with Crippen LogP contribution in [0.15, 0.2) is 30.3 Å². The van der Waals surface area contributed by atoms with Crippen molar-refractivity contribution in [2.45, 2.75) is 71.1 Å². The standard InChI is InChI=1S/C21H35NOSi/c1-9-22(10-2)19(23)21(6)17(16-14-12-11-13-15-16)18(21)24(7,8)20(3,4)5/h11-15,17-18H,9-10H2,1-8H3/t17-,18-,21+/m0/s1. The van der Waals surface area contributed by atoms with Crippen molar-refractivity contribution < 1.29 is 4.79 Å². The van der Waals surface area contributed by atoms with E-state index in [1.54, 1.807) is 0 Å². The monoisotopic (exact) mass is 345 g/mol. The predicted octanol–water partition coefficient (Wildman–Crippen LogP) is 5.54. The Morgan fingerprint density at radius 3 is 2.04 bits per heavy atom. The van der Waals surface area contributed by atoms with Gasteiger partial charge in [-0.05, 0) is 35.9 Å². The molecule has 1 aliphatic carbocycles. The summed E-state index contributed by atoms with van der Waals surface area (Å²) in [7, 11) is -1.63. The molecule has 0 N–H and O–H groups in total. The van der Waals surface area contributed by atoms with Gasteiger partial charge in [0.15, 0.2) is 0 Å². The second kappa shape index (κ2) is 6.33. The lowest BCUT2D eigenvalue weighted by Crippen LogP contribution is -2.43. The normalized spacial score (nSPS) is 27.0. The Labute approximate surface area is 149 Å². The molecule has 0 spiro atoms. The molecule has 1 aliphatic rings. The quantitative estimate of drug-likeness (QED) is 0.642. The van der Waals surface area contributed by atoms with E-state index in [0.29, 0.717) is 17.4 Å². The molecule has 2 rings (SSSR count). The lowest BCUT2D eigenvalue weighted by atomic mass is 9.99. The van der Waals surface area contributed by atoms with Crippen molar-refractivity contribution in [2.75, 3.05) is 13.1 Å². The first kappa shape index (κ1) is 19.2. The largest absolute Gasteiger partial charge is 0.343 e. The summed E-state index contributed by atoms with van der Waals surface area (Å²) in [5, 5.41) is 0.284. The minimum atomic E-state index is -1.63. The van der Waals surface area contributed by atoms with Crippen LogP contribution in [0.4, 0.5) is 0 Å². The number of nitrogens with zero attached hydrogens (tertiary/aromatic N) is 1. The maximum absolute atomic E-state index is 13.4. The van der Waals surface area contributed by atoms with Gasteiger partial charge in [0.2, 0.25) is 5.91 Å². The molecule has 1 aromatic rings. The summed E-state index contributed by atoms with van der Waals surface area (Å²) < 4.78 is 0. The Balaban J connectivity index is 2.49. The third-order valence-electron chi connectivity index (χ3n) is 6.90. The predicted molar refractivity (Wildman–Crippen MR) is 106 cm³/mol. The first-order valence-corrected chi connectivity index (χ1v) is 12.5. The van der Waals surface area contributed by atoms with E-state index >= 15 is 0 Å². The van der Waals surface area contributed by atoms with Gasteiger partial charge in [-0.15, -0.1) is 0 Å². The lowest BCUT2D eigenvalue weighted by Gasteiger charge is -2.39. The number of carbonyl (C=O) groups is 1. The molecular formula is C21H35NOSi. The smallest absolute Gasteiger partial charge is 0.229 e. The molecule has 0 saturated heterocycles. The van der Waals surface area contributed by atoms with Gasteiger partial charge in [0.1, 0.15) is 0 Å². The van der Waals surface area contributed by atoms with Crippen LogP contribution in [-0.2, 0) is 4.79 Å². The van der Waals surface area contributed by atoms with Gasteiger partial charge in [-0.1, -0.05) is 71.1 Å². The maximum Gasteiger partial charge on any atom is 0.229 e. The van der Waals surface area contributed by atoms with Gasteiger partial charge >= 0.3 is 0 Å². The molecule has 0 unspecified atom stereocenters. The van der Waals surface area contributed by atoms with E-state index in [1.165, 1.54) is 5.56 Å². The highest BCUT2D eigenvalue weighted by Crippen LogP contribution is 2.76. The molecule has 0 radical (unpaired) electrons. The number of benzene rings is 1. The van der Waals surface area contributed by atoms with Gasteiger partial charge in [-0.2, -0.15) is 0 Å². The Kier molecular flexibility index (Phi) is 5.07. The Hall–Kier alpha value is -1.09. The molecule has 0 aliphatic heterocycles. The van der Waals surface area contributed by atoms with Gasteiger partial charge in [0, 0.05) is 13.1 Å². The Bertz CT molecular complexity index is 586. The molecule has 2 nitrogen and oxygen atoms in total. The van der Waals surface area contributed by atoms with Crippen LogP contribution in [0.5, 0.6) is 0 Å². The van der Waals surface area contributed by atoms with Crippen LogP contribution in [0.1, 0.15) is 53.0 Å². The van der Waals surface area contributed by atoms with Crippen LogP contribution in [0.3, 0.4) is 0 Å². The molecule has 3 atom stereocenters. The number of hydrogen-bond donors (Lipinski definition) is 0. The molecule has 3 heteroatoms. The van der Waals surface area contributed by atoms with Crippen LogP contribution in [0, 0.1) is 5.41 Å². The van der Waals surface area contributed by atoms with Crippen molar-refractivity contribution in [2.24, 2.45) is 5.41 Å². The lowest BCUT2D eigenvalue weighted by molar-refractivity contribution is -0.136. The fourth-order valence-corrected chi connectivity index (χ4v) is 8.47. The fraction of sp³-hybridized carbons (Fsp3) is 0.667. The molecule has 1 saturated carbocycles. The first-order chi connectivity index (χ1) is 11.0. The second-order valence-electron chi connectivity index (χ2n) is 9.10. The maximum atomic E-state index is 13.4. The van der Waals surface area contributed by atoms with Crippen LogP contribution in [0.2, 0.25) is 23.7 Å². The number of carbonyl (C=O) groups excluding carboxylic acids is 1. The summed E-state index contributed by atoms with van der Waals surface area (Å²) in [6.07, 6.45) is 0. The molecule has 0 bridgehead atoms. The summed E-state index contributed by atoms with van der Waals surface area (Å²) in [6.45, 7) is 20.1. The number of rotatable bonds is 5. The van der Waals surface area contributed by atoms with E-state index < -0.39 is 8.07 Å². The zero-order chi connectivity index (χ0) is 18.3. The van der Waals surface area contributed by atoms with E-state index in [0.717, 1.165) is 13.1 Å². The highest BCUT2D eigenvalue weighted by Gasteiger charge is 2.73. The zero-order valence-corrected chi connectivity index (χ0v) is 17.8. The number of hydrogen-bond acceptors (Lipinski definition) is 1. The second-order valence-corrected chi connectivity index (χ2v) is 14.7. The van der Waals surface area contributed by atoms with Crippen molar-refractivity contribution in [3.63, 3.8) is 0 Å². The minimum Gasteiger partial charge on any atom is -0.343 e. The van der Waals surface area contributed by atoms with E-state index in [-0.39, 0.29) is 10.5 Å². The summed E-state index contributed by atoms with van der Waals surface area (Å²) in [5.74, 6) is 0.726. The summed E-state index contributed by atoms with van der Waals surface area (Å²) in [5.41, 5.74) is 1.60. The van der Waals surface area contributed by atoms with Gasteiger partial charge in [0.05, 0.1) is 13.5 Å². The van der Waals surface area contributed by atoms with Crippen LogP contribution < -0.4 is 0 Å². The Morgan fingerprint density at radius 1 is 1.12 bits per heavy atom. The summed E-state index contributed by atoms with van der Waals surface area (Å²) in [4.78, 5) is 15.4. The van der Waals surface area contributed by atoms with Gasteiger partial charge < -0.3 is 4.90 Å². The minimum absolute atomic E-state index is 0.240. The van der Waals surface area contributed by atoms with Crippen LogP contribution in [-0.4, -0.2) is 32.0 Å². The third-order valence-corrected chi connectivity index (χ3v) is 13.3. The van der Waals surface area contributed by atoms with Crippen molar-refractivity contribution in [3.8, 4) is 0 Å². The van der Waals surface area contributed by atoms with Crippen molar-refractivity contribution in [1.82, 2.24) is 4.90 Å². The van der Waals surface area contributed by atoms with Crippen molar-refractivity contribution in [3.05, 3.63) is 35.9 Å². The first-order valence-electron chi connectivity index (χ1n) is 9.37. The summed E-state index contributed by atoms with van der Waals surface area (Å²) in [6, 6.07) is 10.7. The van der Waals surface area contributed by atoms with Crippen LogP contribution in [0.25, 0.3) is 0 Å². The highest BCUT2D eigenvalue weighted by molar-refractivity contribution is 6.83. The van der Waals surface area contributed by atoms with Crippen molar-refractivity contribution in [1.29, 1.82) is 0 Å². The third kappa shape index (κ3) is 2.85. The molecule has 0 heterocycles. The van der Waals surface area contributed by atoms with E-state index in [1.807, 2.05) is 4.90 Å². The molecule has 24 heavy (non-hydrogen) atoms. The van der Waals surface area contributed by atoms with Gasteiger partial charge in [-0.3, -0.25) is 4.79 Å². The molecule has 1 aromatic carbocycles. The average Bonchev–Trinajstić information content (AvgIpc) is 3.16. The zero-order valence-electron chi connectivity index (χ0n) is 16.8. The van der Waals surface area contributed by atoms with E-state index in [4.69, 9.17) is 0 Å². The average molecular weight is 346 g/mol. The van der Waals surface area contributed by atoms with Gasteiger partial charge in [-0.25, -0.2) is 0 Å².